The van der Waals surface area contributed by atoms with E-state index in [1.54, 1.807) is 12.3 Å². The molecule has 0 atom stereocenters. The number of ether oxygens (including phenoxy) is 1. The van der Waals surface area contributed by atoms with E-state index in [4.69, 9.17) is 26.5 Å². The highest BCUT2D eigenvalue weighted by molar-refractivity contribution is 6.35. The van der Waals surface area contributed by atoms with Crippen LogP contribution in [0.1, 0.15) is 18.5 Å². The molecule has 29 heavy (non-hydrogen) atoms. The summed E-state index contributed by atoms with van der Waals surface area (Å²) < 4.78 is 11.7. The van der Waals surface area contributed by atoms with Crippen molar-refractivity contribution in [2.45, 2.75) is 19.8 Å². The van der Waals surface area contributed by atoms with Gasteiger partial charge in [0.05, 0.1) is 29.0 Å². The van der Waals surface area contributed by atoms with Crippen molar-refractivity contribution >= 4 is 28.5 Å². The highest BCUT2D eigenvalue weighted by Gasteiger charge is 2.26. The Labute approximate surface area is 171 Å². The first kappa shape index (κ1) is 17.9. The third kappa shape index (κ3) is 3.38. The molecule has 1 aromatic carbocycles. The SMILES string of the molecule is Cc1ncnc2c(Cl)cc(-c3c(OCC4CC4)nc(N)nc3-c3ccco3)cc12. The first-order valence-corrected chi connectivity index (χ1v) is 9.73. The largest absolute Gasteiger partial charge is 0.477 e. The Hall–Kier alpha value is -3.19. The lowest BCUT2D eigenvalue weighted by molar-refractivity contribution is 0.290. The van der Waals surface area contributed by atoms with Gasteiger partial charge in [0.2, 0.25) is 11.8 Å². The van der Waals surface area contributed by atoms with Gasteiger partial charge in [0.15, 0.2) is 5.76 Å². The van der Waals surface area contributed by atoms with Gasteiger partial charge >= 0.3 is 0 Å². The van der Waals surface area contributed by atoms with Gasteiger partial charge in [-0.1, -0.05) is 11.6 Å². The molecule has 0 saturated heterocycles. The molecule has 146 valence electrons. The lowest BCUT2D eigenvalue weighted by Gasteiger charge is -2.15. The molecular weight excluding hydrogens is 390 g/mol. The Balaban J connectivity index is 1.76. The van der Waals surface area contributed by atoms with Gasteiger partial charge in [0.1, 0.15) is 12.0 Å². The number of rotatable bonds is 5. The van der Waals surface area contributed by atoms with E-state index in [-0.39, 0.29) is 5.95 Å². The maximum absolute atomic E-state index is 6.56. The number of benzene rings is 1. The molecule has 5 rings (SSSR count). The van der Waals surface area contributed by atoms with E-state index < -0.39 is 0 Å². The van der Waals surface area contributed by atoms with Gasteiger partial charge in [-0.2, -0.15) is 4.98 Å². The number of nitrogen functional groups attached to an aromatic ring is 1. The normalized spacial score (nSPS) is 13.7. The van der Waals surface area contributed by atoms with Crippen LogP contribution in [0.2, 0.25) is 5.02 Å². The molecule has 2 N–H and O–H groups in total. The van der Waals surface area contributed by atoms with Crippen LogP contribution in [-0.2, 0) is 0 Å². The van der Waals surface area contributed by atoms with Crippen LogP contribution in [0, 0.1) is 12.8 Å². The second-order valence-electron chi connectivity index (χ2n) is 7.16. The molecule has 3 heterocycles. The number of furan rings is 1. The smallest absolute Gasteiger partial charge is 0.227 e. The van der Waals surface area contributed by atoms with Crippen molar-refractivity contribution in [3.63, 3.8) is 0 Å². The highest BCUT2D eigenvalue weighted by Crippen LogP contribution is 2.41. The van der Waals surface area contributed by atoms with E-state index in [0.717, 1.165) is 16.6 Å². The topological polar surface area (TPSA) is 100.0 Å². The minimum atomic E-state index is 0.123. The van der Waals surface area contributed by atoms with Crippen LogP contribution in [-0.4, -0.2) is 26.5 Å². The summed E-state index contributed by atoms with van der Waals surface area (Å²) in [6.07, 6.45) is 5.43. The van der Waals surface area contributed by atoms with Crippen LogP contribution >= 0.6 is 11.6 Å². The second kappa shape index (κ2) is 7.00. The molecular formula is C21H18ClN5O2. The molecule has 1 saturated carbocycles. The lowest BCUT2D eigenvalue weighted by Crippen LogP contribution is -2.07. The fourth-order valence-corrected chi connectivity index (χ4v) is 3.56. The number of halogens is 1. The van der Waals surface area contributed by atoms with Crippen LogP contribution in [0.3, 0.4) is 0 Å². The van der Waals surface area contributed by atoms with Gasteiger partial charge in [-0.05, 0) is 55.5 Å². The molecule has 1 fully saturated rings. The lowest BCUT2D eigenvalue weighted by atomic mass is 10.0. The van der Waals surface area contributed by atoms with Crippen LogP contribution in [0.15, 0.2) is 41.3 Å². The predicted octanol–water partition coefficient (Wildman–Crippen LogP) is 4.68. The Bertz CT molecular complexity index is 1210. The summed E-state index contributed by atoms with van der Waals surface area (Å²) in [6.45, 7) is 2.51. The monoisotopic (exact) mass is 407 g/mol. The van der Waals surface area contributed by atoms with E-state index in [2.05, 4.69) is 19.9 Å². The number of anilines is 1. The summed E-state index contributed by atoms with van der Waals surface area (Å²) in [5.74, 6) is 1.67. The third-order valence-corrected chi connectivity index (χ3v) is 5.27. The van der Waals surface area contributed by atoms with Gasteiger partial charge in [0, 0.05) is 11.1 Å². The minimum Gasteiger partial charge on any atom is -0.477 e. The molecule has 8 heteroatoms. The van der Waals surface area contributed by atoms with Crippen LogP contribution < -0.4 is 10.5 Å². The molecule has 3 aromatic heterocycles. The third-order valence-electron chi connectivity index (χ3n) is 4.98. The quantitative estimate of drug-likeness (QED) is 0.512. The van der Waals surface area contributed by atoms with E-state index in [9.17, 15) is 0 Å². The molecule has 0 aliphatic heterocycles. The van der Waals surface area contributed by atoms with E-state index in [1.807, 2.05) is 25.1 Å². The van der Waals surface area contributed by atoms with Gasteiger partial charge in [-0.25, -0.2) is 15.0 Å². The van der Waals surface area contributed by atoms with Gasteiger partial charge < -0.3 is 14.9 Å². The fraction of sp³-hybridized carbons (Fsp3) is 0.238. The van der Waals surface area contributed by atoms with Crippen molar-refractivity contribution in [2.75, 3.05) is 12.3 Å². The minimum absolute atomic E-state index is 0.123. The van der Waals surface area contributed by atoms with Crippen molar-refractivity contribution in [1.29, 1.82) is 0 Å². The fourth-order valence-electron chi connectivity index (χ4n) is 3.29. The number of fused-ring (bicyclic) bond motifs is 1. The number of nitrogens with zero attached hydrogens (tertiary/aromatic N) is 4. The van der Waals surface area contributed by atoms with Crippen molar-refractivity contribution in [2.24, 2.45) is 5.92 Å². The maximum atomic E-state index is 6.56. The van der Waals surface area contributed by atoms with Crippen LogP contribution in [0.4, 0.5) is 5.95 Å². The molecule has 0 amide bonds. The number of hydrogen-bond acceptors (Lipinski definition) is 7. The second-order valence-corrected chi connectivity index (χ2v) is 7.56. The van der Waals surface area contributed by atoms with E-state index in [0.29, 0.717) is 46.0 Å². The van der Waals surface area contributed by atoms with Gasteiger partial charge in [0.25, 0.3) is 0 Å². The van der Waals surface area contributed by atoms with Crippen LogP contribution in [0.25, 0.3) is 33.5 Å². The van der Waals surface area contributed by atoms with Crippen LogP contribution in [0.5, 0.6) is 5.88 Å². The highest BCUT2D eigenvalue weighted by atomic mass is 35.5. The zero-order valence-electron chi connectivity index (χ0n) is 15.7. The average molecular weight is 408 g/mol. The Morgan fingerprint density at radius 2 is 2.10 bits per heavy atom. The molecule has 7 nitrogen and oxygen atoms in total. The van der Waals surface area contributed by atoms with E-state index >= 15 is 0 Å². The van der Waals surface area contributed by atoms with Crippen molar-refractivity contribution < 1.29 is 9.15 Å². The molecule has 0 spiro atoms. The summed E-state index contributed by atoms with van der Waals surface area (Å²) in [4.78, 5) is 17.4. The molecule has 0 radical (unpaired) electrons. The number of aromatic nitrogens is 4. The summed E-state index contributed by atoms with van der Waals surface area (Å²) >= 11 is 6.56. The molecule has 4 aromatic rings. The molecule has 0 bridgehead atoms. The van der Waals surface area contributed by atoms with Crippen molar-refractivity contribution in [3.05, 3.63) is 47.6 Å². The van der Waals surface area contributed by atoms with Gasteiger partial charge in [-0.15, -0.1) is 0 Å². The standard InChI is InChI=1S/C21H18ClN5O2/c1-11-14-7-13(8-15(22)18(14)25-10-24-11)17-19(16-3-2-6-28-16)26-21(23)27-20(17)29-9-12-4-5-12/h2-3,6-8,10,12H,4-5,9H2,1H3,(H2,23,26,27). The summed E-state index contributed by atoms with van der Waals surface area (Å²) in [5.41, 5.74) is 9.54. The van der Waals surface area contributed by atoms with Crippen molar-refractivity contribution in [1.82, 2.24) is 19.9 Å². The predicted molar refractivity (Wildman–Crippen MR) is 111 cm³/mol. The molecule has 1 aliphatic carbocycles. The molecule has 0 unspecified atom stereocenters. The summed E-state index contributed by atoms with van der Waals surface area (Å²) in [6, 6.07) is 7.43. The average Bonchev–Trinajstić information content (AvgIpc) is 3.37. The maximum Gasteiger partial charge on any atom is 0.227 e. The zero-order chi connectivity index (χ0) is 20.0. The van der Waals surface area contributed by atoms with Crippen molar-refractivity contribution in [3.8, 4) is 28.5 Å². The van der Waals surface area contributed by atoms with E-state index in [1.165, 1.54) is 19.2 Å². The first-order valence-electron chi connectivity index (χ1n) is 9.35. The van der Waals surface area contributed by atoms with Gasteiger partial charge in [-0.3, -0.25) is 0 Å². The summed E-state index contributed by atoms with van der Waals surface area (Å²) in [5, 5.41) is 1.36. The summed E-state index contributed by atoms with van der Waals surface area (Å²) in [7, 11) is 0. The Morgan fingerprint density at radius 3 is 2.86 bits per heavy atom. The number of hydrogen-bond donors (Lipinski definition) is 1. The zero-order valence-corrected chi connectivity index (χ0v) is 16.5. The first-order chi connectivity index (χ1) is 14.1. The number of aryl methyl sites for hydroxylation is 1. The Kier molecular flexibility index (Phi) is 4.32. The Morgan fingerprint density at radius 1 is 1.24 bits per heavy atom. The number of nitrogens with two attached hydrogens (primary N) is 1. The molecule has 1 aliphatic rings.